The van der Waals surface area contributed by atoms with Crippen molar-refractivity contribution >= 4 is 63.7 Å². The summed E-state index contributed by atoms with van der Waals surface area (Å²) in [6.45, 7) is 8.13. The van der Waals surface area contributed by atoms with Gasteiger partial charge in [-0.2, -0.15) is 10.2 Å². The van der Waals surface area contributed by atoms with E-state index < -0.39 is 29.6 Å². The minimum atomic E-state index is -1.09. The van der Waals surface area contributed by atoms with Crippen LogP contribution in [0.25, 0.3) is 22.2 Å². The number of nitrogens with two attached hydrogens (primary N) is 2. The summed E-state index contributed by atoms with van der Waals surface area (Å²) in [5, 5.41) is 23.6. The summed E-state index contributed by atoms with van der Waals surface area (Å²) in [5.74, 6) is -3.16. The van der Waals surface area contributed by atoms with E-state index in [-0.39, 0.29) is 60.4 Å². The van der Waals surface area contributed by atoms with Crippen molar-refractivity contribution in [3.05, 3.63) is 82.6 Å². The van der Waals surface area contributed by atoms with E-state index in [9.17, 15) is 29.1 Å². The van der Waals surface area contributed by atoms with Crippen LogP contribution in [0.3, 0.4) is 0 Å². The Kier molecular flexibility index (Phi) is 10.9. The molecule has 0 radical (unpaired) electrons. The minimum absolute atomic E-state index is 0.0614. The summed E-state index contributed by atoms with van der Waals surface area (Å²) in [6.07, 6.45) is 4.51. The number of aliphatic carboxylic acids is 1. The molecule has 6 aromatic rings. The normalized spacial score (nSPS) is 11.4. The maximum absolute atomic E-state index is 13.6. The van der Waals surface area contributed by atoms with Crippen LogP contribution in [0.2, 0.25) is 0 Å². The number of rotatable bonds is 16. The highest BCUT2D eigenvalue weighted by Gasteiger charge is 2.23. The smallest absolute Gasteiger partial charge is 0.306 e. The maximum atomic E-state index is 13.6. The van der Waals surface area contributed by atoms with Gasteiger partial charge >= 0.3 is 5.97 Å². The third-order valence-corrected chi connectivity index (χ3v) is 8.60. The first-order valence-electron chi connectivity index (χ1n) is 17.5. The minimum Gasteiger partial charge on any atom is -0.491 e. The maximum Gasteiger partial charge on any atom is 0.306 e. The Hall–Kier alpha value is -7.38. The van der Waals surface area contributed by atoms with Gasteiger partial charge in [-0.25, -0.2) is 15.0 Å². The number of carboxylic acids is 1. The van der Waals surface area contributed by atoms with Crippen molar-refractivity contribution in [2.45, 2.75) is 60.3 Å². The molecule has 0 atom stereocenters. The molecule has 4 amide bonds. The molecule has 0 fully saturated rings. The number of amides is 4. The lowest BCUT2D eigenvalue weighted by Crippen LogP contribution is -2.20. The number of primary amides is 2. The highest BCUT2D eigenvalue weighted by molar-refractivity contribution is 6.05. The predicted molar refractivity (Wildman–Crippen MR) is 202 cm³/mol. The lowest BCUT2D eigenvalue weighted by atomic mass is 10.1. The number of pyridine rings is 1. The van der Waals surface area contributed by atoms with Crippen LogP contribution in [0.1, 0.15) is 73.3 Å². The van der Waals surface area contributed by atoms with E-state index in [1.165, 1.54) is 24.4 Å². The summed E-state index contributed by atoms with van der Waals surface area (Å²) < 4.78 is 12.2. The number of imidazole rings is 2. The Morgan fingerprint density at radius 2 is 1.30 bits per heavy atom. The summed E-state index contributed by atoms with van der Waals surface area (Å²) in [7, 11) is 0. The van der Waals surface area contributed by atoms with Crippen LogP contribution in [-0.4, -0.2) is 85.0 Å². The third-order valence-electron chi connectivity index (χ3n) is 8.60. The van der Waals surface area contributed by atoms with Crippen molar-refractivity contribution in [3.63, 3.8) is 0 Å². The highest BCUT2D eigenvalue weighted by atomic mass is 16.5. The molecule has 5 aromatic heterocycles. The molecular weight excluding hydrogens is 726 g/mol. The Morgan fingerprint density at radius 1 is 0.768 bits per heavy atom. The number of anilines is 2. The molecule has 0 saturated carbocycles. The number of carboxylic acid groups (broad SMARTS) is 1. The van der Waals surface area contributed by atoms with Crippen molar-refractivity contribution in [2.75, 3.05) is 17.2 Å². The number of ether oxygens (including phenoxy) is 1. The zero-order valence-corrected chi connectivity index (χ0v) is 30.9. The zero-order chi connectivity index (χ0) is 40.3. The van der Waals surface area contributed by atoms with Crippen LogP contribution in [-0.2, 0) is 31.0 Å². The fraction of sp³-hybridized carbons (Fsp3) is 0.278. The first-order chi connectivity index (χ1) is 26.8. The number of benzene rings is 1. The number of carbonyl (C=O) groups is 5. The average molecular weight is 766 g/mol. The topological polar surface area (TPSA) is 275 Å². The second kappa shape index (κ2) is 15.9. The van der Waals surface area contributed by atoms with Crippen molar-refractivity contribution in [1.29, 1.82) is 0 Å². The molecule has 7 N–H and O–H groups in total. The molecule has 20 heteroatoms. The zero-order valence-electron chi connectivity index (χ0n) is 30.9. The number of aromatic nitrogens is 9. The first-order valence-corrected chi connectivity index (χ1v) is 17.5. The summed E-state index contributed by atoms with van der Waals surface area (Å²) in [5.41, 5.74) is 14.5. The SMILES string of the molecule is CCn1nc(C)cc1C(=O)Nc1nc2cc(C(N)=O)cnc2n1C/C=C/Cn1c(NC(=O)c2cc(C)nn2CC)nc2cc(C(N)=O)cc(OCCC(=O)O)c21. The average Bonchev–Trinajstić information content (AvgIpc) is 3.91. The van der Waals surface area contributed by atoms with Crippen molar-refractivity contribution in [3.8, 4) is 5.75 Å². The van der Waals surface area contributed by atoms with Gasteiger partial charge in [0.15, 0.2) is 5.65 Å². The molecule has 0 spiro atoms. The lowest BCUT2D eigenvalue weighted by Gasteiger charge is -2.13. The van der Waals surface area contributed by atoms with Crippen LogP contribution < -0.4 is 26.8 Å². The molecule has 0 aliphatic heterocycles. The largest absolute Gasteiger partial charge is 0.491 e. The van der Waals surface area contributed by atoms with Gasteiger partial charge in [-0.1, -0.05) is 12.2 Å². The van der Waals surface area contributed by atoms with E-state index in [2.05, 4.69) is 35.8 Å². The summed E-state index contributed by atoms with van der Waals surface area (Å²) in [4.78, 5) is 76.1. The number of allylic oxidation sites excluding steroid dienone is 2. The molecule has 5 heterocycles. The van der Waals surface area contributed by atoms with E-state index in [0.29, 0.717) is 52.5 Å². The van der Waals surface area contributed by atoms with Crippen molar-refractivity contribution in [2.24, 2.45) is 11.5 Å². The van der Waals surface area contributed by atoms with Crippen molar-refractivity contribution in [1.82, 2.24) is 43.6 Å². The number of fused-ring (bicyclic) bond motifs is 2. The number of hydrogen-bond acceptors (Lipinski definition) is 11. The lowest BCUT2D eigenvalue weighted by molar-refractivity contribution is -0.137. The number of carbonyl (C=O) groups excluding carboxylic acids is 4. The fourth-order valence-electron chi connectivity index (χ4n) is 6.05. The molecule has 1 aromatic carbocycles. The van der Waals surface area contributed by atoms with Crippen LogP contribution in [0, 0.1) is 13.8 Å². The molecular formula is C36H39N13O7. The Bertz CT molecular complexity index is 2560. The predicted octanol–water partition coefficient (Wildman–Crippen LogP) is 2.64. The number of hydrogen-bond donors (Lipinski definition) is 5. The van der Waals surface area contributed by atoms with Gasteiger partial charge in [0.25, 0.3) is 11.8 Å². The molecule has 0 unspecified atom stereocenters. The summed E-state index contributed by atoms with van der Waals surface area (Å²) >= 11 is 0. The first kappa shape index (κ1) is 38.3. The van der Waals surface area contributed by atoms with E-state index in [1.807, 2.05) is 13.8 Å². The van der Waals surface area contributed by atoms with Crippen molar-refractivity contribution < 1.29 is 33.8 Å². The number of nitrogens with one attached hydrogen (secondary N) is 2. The number of nitrogens with zero attached hydrogens (tertiary/aromatic N) is 9. The molecule has 0 bridgehead atoms. The molecule has 290 valence electrons. The van der Waals surface area contributed by atoms with E-state index in [4.69, 9.17) is 16.2 Å². The molecule has 20 nitrogen and oxygen atoms in total. The van der Waals surface area contributed by atoms with Crippen LogP contribution in [0.15, 0.2) is 48.7 Å². The van der Waals surface area contributed by atoms with E-state index in [1.54, 1.807) is 56.6 Å². The molecule has 56 heavy (non-hydrogen) atoms. The Balaban J connectivity index is 1.38. The van der Waals surface area contributed by atoms with Gasteiger partial charge in [0.2, 0.25) is 23.7 Å². The van der Waals surface area contributed by atoms with Crippen LogP contribution >= 0.6 is 0 Å². The van der Waals surface area contributed by atoms with Gasteiger partial charge in [-0.3, -0.25) is 48.5 Å². The van der Waals surface area contributed by atoms with Gasteiger partial charge < -0.3 is 25.9 Å². The quantitative estimate of drug-likeness (QED) is 0.0890. The Labute approximate surface area is 318 Å². The second-order valence-corrected chi connectivity index (χ2v) is 12.6. The van der Waals surface area contributed by atoms with Gasteiger partial charge in [0, 0.05) is 37.9 Å². The monoisotopic (exact) mass is 765 g/mol. The van der Waals surface area contributed by atoms with E-state index >= 15 is 0 Å². The Morgan fingerprint density at radius 3 is 1.86 bits per heavy atom. The molecule has 6 rings (SSSR count). The van der Waals surface area contributed by atoms with Gasteiger partial charge in [-0.15, -0.1) is 0 Å². The standard InChI is InChI=1S/C36H39N13O7/c1-5-48-25(13-19(3)44-48)33(54)42-35-40-23-15-21(30(37)52)17-27(56-12-9-28(50)51)29(23)46(35)10-7-8-11-47-32-24(16-22(18-39-32)31(38)53)41-36(47)43-34(55)26-14-20(4)45-49(26)6-2/h7-8,13-18H,5-6,9-12H2,1-4H3,(H2,37,52)(H2,38,53)(H,50,51)(H,40,42,54)(H,41,43,55)/b8-7+. The molecule has 0 saturated heterocycles. The fourth-order valence-corrected chi connectivity index (χ4v) is 6.05. The van der Waals surface area contributed by atoms with Gasteiger partial charge in [0.05, 0.1) is 35.5 Å². The second-order valence-electron chi connectivity index (χ2n) is 12.6. The third kappa shape index (κ3) is 7.93. The van der Waals surface area contributed by atoms with E-state index in [0.717, 1.165) is 0 Å². The van der Waals surface area contributed by atoms with Gasteiger partial charge in [0.1, 0.15) is 28.2 Å². The molecule has 0 aliphatic rings. The summed E-state index contributed by atoms with van der Waals surface area (Å²) in [6, 6.07) is 7.61. The highest BCUT2D eigenvalue weighted by Crippen LogP contribution is 2.32. The van der Waals surface area contributed by atoms with Crippen LogP contribution in [0.5, 0.6) is 5.75 Å². The van der Waals surface area contributed by atoms with Gasteiger partial charge in [-0.05, 0) is 58.0 Å². The number of aryl methyl sites for hydroxylation is 4. The van der Waals surface area contributed by atoms with Crippen LogP contribution in [0.4, 0.5) is 11.9 Å². The molecule has 0 aliphatic carbocycles.